The Morgan fingerprint density at radius 2 is 1.64 bits per heavy atom. The van der Waals surface area contributed by atoms with Crippen LogP contribution in [0.15, 0.2) is 36.4 Å². The van der Waals surface area contributed by atoms with E-state index in [9.17, 15) is 14.4 Å². The largest absolute Gasteiger partial charge is 0.495 e. The summed E-state index contributed by atoms with van der Waals surface area (Å²) < 4.78 is 5.14. The van der Waals surface area contributed by atoms with Gasteiger partial charge in [0.1, 0.15) is 12.3 Å². The Balaban J connectivity index is 1.79. The van der Waals surface area contributed by atoms with E-state index in [4.69, 9.17) is 27.9 Å². The third kappa shape index (κ3) is 3.18. The van der Waals surface area contributed by atoms with Crippen molar-refractivity contribution in [3.63, 3.8) is 0 Å². The van der Waals surface area contributed by atoms with Crippen LogP contribution >= 0.6 is 23.2 Å². The Hall–Kier alpha value is -2.57. The van der Waals surface area contributed by atoms with Gasteiger partial charge in [-0.15, -0.1) is 0 Å². The minimum atomic E-state index is -0.589. The molecule has 0 bridgehead atoms. The van der Waals surface area contributed by atoms with Crippen LogP contribution in [0.1, 0.15) is 20.7 Å². The lowest BCUT2D eigenvalue weighted by Gasteiger charge is -2.14. The number of amides is 3. The number of ether oxygens (including phenoxy) is 1. The maximum absolute atomic E-state index is 12.4. The molecule has 0 aromatic heterocycles. The fraction of sp³-hybridized carbons (Fsp3) is 0.118. The quantitative estimate of drug-likeness (QED) is 0.828. The predicted octanol–water partition coefficient (Wildman–Crippen LogP) is 3.24. The number of carbonyl (C=O) groups is 3. The van der Waals surface area contributed by atoms with Crippen LogP contribution in [-0.2, 0) is 4.79 Å². The molecule has 1 heterocycles. The van der Waals surface area contributed by atoms with Crippen molar-refractivity contribution in [2.45, 2.75) is 0 Å². The molecule has 1 N–H and O–H groups in total. The number of imide groups is 1. The molecule has 0 saturated carbocycles. The number of anilines is 1. The van der Waals surface area contributed by atoms with Gasteiger partial charge in [-0.3, -0.25) is 19.3 Å². The molecular formula is C17H12Cl2N2O4. The van der Waals surface area contributed by atoms with E-state index in [1.54, 1.807) is 24.3 Å². The van der Waals surface area contributed by atoms with E-state index in [1.807, 2.05) is 0 Å². The minimum Gasteiger partial charge on any atom is -0.495 e. The number of hydrogen-bond acceptors (Lipinski definition) is 4. The van der Waals surface area contributed by atoms with E-state index in [2.05, 4.69) is 5.32 Å². The second-order valence-corrected chi connectivity index (χ2v) is 6.07. The lowest BCUT2D eigenvalue weighted by Crippen LogP contribution is -2.37. The zero-order valence-corrected chi connectivity index (χ0v) is 14.5. The van der Waals surface area contributed by atoms with Crippen LogP contribution in [0.2, 0.25) is 10.0 Å². The molecule has 6 nitrogen and oxygen atoms in total. The first-order valence-electron chi connectivity index (χ1n) is 7.20. The standard InChI is InChI=1S/C17H12Cl2N2O4/c1-25-14-5-3-2-4-13(14)20-15(22)8-21-16(23)9-6-11(18)12(19)7-10(9)17(21)24/h2-7H,8H2,1H3,(H,20,22). The topological polar surface area (TPSA) is 75.7 Å². The average Bonchev–Trinajstić information content (AvgIpc) is 2.81. The van der Waals surface area contributed by atoms with Crippen molar-refractivity contribution in [3.8, 4) is 5.75 Å². The van der Waals surface area contributed by atoms with E-state index in [0.29, 0.717) is 11.4 Å². The Kier molecular flexibility index (Phi) is 4.65. The fourth-order valence-corrected chi connectivity index (χ4v) is 2.84. The van der Waals surface area contributed by atoms with Crippen molar-refractivity contribution in [2.24, 2.45) is 0 Å². The van der Waals surface area contributed by atoms with E-state index in [1.165, 1.54) is 19.2 Å². The SMILES string of the molecule is COc1ccccc1NC(=O)CN1C(=O)c2cc(Cl)c(Cl)cc2C1=O. The molecule has 1 aliphatic rings. The van der Waals surface area contributed by atoms with Crippen LogP contribution in [0, 0.1) is 0 Å². The number of nitrogens with one attached hydrogen (secondary N) is 1. The molecule has 0 fully saturated rings. The van der Waals surface area contributed by atoms with Crippen LogP contribution in [0.5, 0.6) is 5.75 Å². The van der Waals surface area contributed by atoms with Gasteiger partial charge in [-0.05, 0) is 24.3 Å². The summed E-state index contributed by atoms with van der Waals surface area (Å²) >= 11 is 11.8. The summed E-state index contributed by atoms with van der Waals surface area (Å²) in [5, 5.41) is 2.95. The van der Waals surface area contributed by atoms with Gasteiger partial charge >= 0.3 is 0 Å². The minimum absolute atomic E-state index is 0.129. The highest BCUT2D eigenvalue weighted by atomic mass is 35.5. The van der Waals surface area contributed by atoms with Gasteiger partial charge in [0.05, 0.1) is 34.0 Å². The maximum atomic E-state index is 12.4. The van der Waals surface area contributed by atoms with Gasteiger partial charge in [0.2, 0.25) is 5.91 Å². The second-order valence-electron chi connectivity index (χ2n) is 5.26. The van der Waals surface area contributed by atoms with Gasteiger partial charge in [0, 0.05) is 0 Å². The lowest BCUT2D eigenvalue weighted by molar-refractivity contribution is -0.116. The molecule has 25 heavy (non-hydrogen) atoms. The first kappa shape index (κ1) is 17.3. The van der Waals surface area contributed by atoms with Gasteiger partial charge < -0.3 is 10.1 Å². The van der Waals surface area contributed by atoms with Gasteiger partial charge in [-0.1, -0.05) is 35.3 Å². The number of nitrogens with zero attached hydrogens (tertiary/aromatic N) is 1. The van der Waals surface area contributed by atoms with Crippen molar-refractivity contribution >= 4 is 46.6 Å². The number of methoxy groups -OCH3 is 1. The van der Waals surface area contributed by atoms with Crippen molar-refractivity contribution in [1.82, 2.24) is 4.90 Å². The normalized spacial score (nSPS) is 13.0. The van der Waals surface area contributed by atoms with Crippen LogP contribution in [-0.4, -0.2) is 36.3 Å². The molecule has 8 heteroatoms. The van der Waals surface area contributed by atoms with Crippen molar-refractivity contribution in [1.29, 1.82) is 0 Å². The number of benzene rings is 2. The van der Waals surface area contributed by atoms with E-state index >= 15 is 0 Å². The van der Waals surface area contributed by atoms with E-state index < -0.39 is 24.3 Å². The number of rotatable bonds is 4. The molecule has 2 aromatic rings. The highest BCUT2D eigenvalue weighted by Crippen LogP contribution is 2.31. The Morgan fingerprint density at radius 3 is 2.20 bits per heavy atom. The summed E-state index contributed by atoms with van der Waals surface area (Å²) in [7, 11) is 1.47. The molecule has 0 spiro atoms. The Bertz CT molecular complexity index is 857. The molecular weight excluding hydrogens is 367 g/mol. The van der Waals surface area contributed by atoms with Crippen molar-refractivity contribution in [3.05, 3.63) is 57.6 Å². The summed E-state index contributed by atoms with van der Waals surface area (Å²) in [6, 6.07) is 9.48. The molecule has 128 valence electrons. The molecule has 1 aliphatic heterocycles. The third-order valence-corrected chi connectivity index (χ3v) is 4.42. The summed E-state index contributed by atoms with van der Waals surface area (Å²) in [4.78, 5) is 37.9. The van der Waals surface area contributed by atoms with Gasteiger partial charge in [0.15, 0.2) is 0 Å². The molecule has 0 saturated heterocycles. The molecule has 0 aliphatic carbocycles. The average molecular weight is 379 g/mol. The smallest absolute Gasteiger partial charge is 0.262 e. The van der Waals surface area contributed by atoms with Crippen LogP contribution in [0.25, 0.3) is 0 Å². The highest BCUT2D eigenvalue weighted by Gasteiger charge is 2.37. The number of halogens is 2. The van der Waals surface area contributed by atoms with E-state index in [0.717, 1.165) is 4.90 Å². The first-order valence-corrected chi connectivity index (χ1v) is 7.96. The van der Waals surface area contributed by atoms with Gasteiger partial charge in [-0.25, -0.2) is 0 Å². The summed E-state index contributed by atoms with van der Waals surface area (Å²) in [6.45, 7) is -0.431. The summed E-state index contributed by atoms with van der Waals surface area (Å²) in [6.07, 6.45) is 0. The van der Waals surface area contributed by atoms with Crippen molar-refractivity contribution < 1.29 is 19.1 Å². The van der Waals surface area contributed by atoms with Crippen LogP contribution < -0.4 is 10.1 Å². The monoisotopic (exact) mass is 378 g/mol. The number of hydrogen-bond donors (Lipinski definition) is 1. The molecule has 0 radical (unpaired) electrons. The Labute approximate surface area is 153 Å². The molecule has 0 unspecified atom stereocenters. The zero-order chi connectivity index (χ0) is 18.1. The molecule has 3 amide bonds. The van der Waals surface area contributed by atoms with Crippen LogP contribution in [0.4, 0.5) is 5.69 Å². The first-order chi connectivity index (χ1) is 11.9. The predicted molar refractivity (Wildman–Crippen MR) is 93.5 cm³/mol. The Morgan fingerprint density at radius 1 is 1.08 bits per heavy atom. The third-order valence-electron chi connectivity index (χ3n) is 3.69. The highest BCUT2D eigenvalue weighted by molar-refractivity contribution is 6.43. The van der Waals surface area contributed by atoms with Gasteiger partial charge in [-0.2, -0.15) is 0 Å². The maximum Gasteiger partial charge on any atom is 0.262 e. The number of carbonyl (C=O) groups excluding carboxylic acids is 3. The molecule has 3 rings (SSSR count). The molecule has 0 atom stereocenters. The summed E-state index contributed by atoms with van der Waals surface area (Å²) in [5.74, 6) is -1.24. The fourth-order valence-electron chi connectivity index (χ4n) is 2.51. The number of fused-ring (bicyclic) bond motifs is 1. The second kappa shape index (κ2) is 6.74. The van der Waals surface area contributed by atoms with Crippen LogP contribution in [0.3, 0.4) is 0 Å². The number of para-hydroxylation sites is 2. The van der Waals surface area contributed by atoms with Crippen molar-refractivity contribution in [2.75, 3.05) is 19.0 Å². The molecule has 2 aromatic carbocycles. The lowest BCUT2D eigenvalue weighted by atomic mass is 10.1. The van der Waals surface area contributed by atoms with Gasteiger partial charge in [0.25, 0.3) is 11.8 Å². The zero-order valence-electron chi connectivity index (χ0n) is 13.0. The summed E-state index contributed by atoms with van der Waals surface area (Å²) in [5.41, 5.74) is 0.701. The van der Waals surface area contributed by atoms with E-state index in [-0.39, 0.29) is 21.2 Å².